The molecular formula is C12H22ClN5O3. The molecule has 0 spiro atoms. The number of nitrogens with two attached hydrogens (primary N) is 1. The van der Waals surface area contributed by atoms with Gasteiger partial charge in [0.25, 0.3) is 0 Å². The predicted molar refractivity (Wildman–Crippen MR) is 81.3 cm³/mol. The third-order valence-electron chi connectivity index (χ3n) is 3.55. The molecule has 0 aliphatic carbocycles. The molecule has 120 valence electrons. The topological polar surface area (TPSA) is 116 Å². The van der Waals surface area contributed by atoms with Crippen LogP contribution in [0.2, 0.25) is 0 Å². The molecule has 0 unspecified atom stereocenters. The normalized spacial score (nSPS) is 10.8. The fraction of sp³-hybridized carbons (Fsp3) is 0.667. The van der Waals surface area contributed by atoms with E-state index in [9.17, 15) is 14.9 Å². The van der Waals surface area contributed by atoms with E-state index in [4.69, 9.17) is 5.73 Å². The van der Waals surface area contributed by atoms with E-state index in [0.29, 0.717) is 13.1 Å². The number of carbonyl (C=O) groups excluding carboxylic acids is 1. The number of nitro groups is 1. The van der Waals surface area contributed by atoms with Crippen LogP contribution in [0.5, 0.6) is 0 Å². The summed E-state index contributed by atoms with van der Waals surface area (Å²) in [7, 11) is 0. The maximum atomic E-state index is 11.9. The van der Waals surface area contributed by atoms with Gasteiger partial charge in [0, 0.05) is 19.5 Å². The highest BCUT2D eigenvalue weighted by Gasteiger charge is 2.26. The van der Waals surface area contributed by atoms with Crippen LogP contribution < -0.4 is 11.1 Å². The highest BCUT2D eigenvalue weighted by atomic mass is 35.5. The molecule has 0 aromatic carbocycles. The summed E-state index contributed by atoms with van der Waals surface area (Å²) in [5, 5.41) is 17.3. The molecule has 9 heteroatoms. The first kappa shape index (κ1) is 19.3. The summed E-state index contributed by atoms with van der Waals surface area (Å²) in [6.45, 7) is 4.65. The van der Waals surface area contributed by atoms with Gasteiger partial charge in [-0.2, -0.15) is 5.10 Å². The molecule has 3 N–H and O–H groups in total. The van der Waals surface area contributed by atoms with E-state index < -0.39 is 4.92 Å². The van der Waals surface area contributed by atoms with Crippen LogP contribution in [0.1, 0.15) is 33.1 Å². The van der Waals surface area contributed by atoms with E-state index in [0.717, 1.165) is 12.8 Å². The Bertz CT molecular complexity index is 465. The number of amides is 1. The van der Waals surface area contributed by atoms with Crippen LogP contribution in [-0.4, -0.2) is 32.7 Å². The largest absolute Gasteiger partial charge is 0.349 e. The van der Waals surface area contributed by atoms with Crippen molar-refractivity contribution in [3.63, 3.8) is 0 Å². The SMILES string of the molecule is CCC(CC)(CN)NC(=O)CCn1cc([N+](=O)[O-])cn1.Cl. The van der Waals surface area contributed by atoms with Crippen molar-refractivity contribution in [1.29, 1.82) is 0 Å². The van der Waals surface area contributed by atoms with Gasteiger partial charge in [-0.15, -0.1) is 12.4 Å². The number of nitrogens with one attached hydrogen (secondary N) is 1. The fourth-order valence-electron chi connectivity index (χ4n) is 1.91. The van der Waals surface area contributed by atoms with Gasteiger partial charge in [-0.05, 0) is 12.8 Å². The number of aryl methyl sites for hydroxylation is 1. The Hall–Kier alpha value is -1.67. The molecule has 0 saturated carbocycles. The second kappa shape index (κ2) is 8.58. The predicted octanol–water partition coefficient (Wildman–Crippen LogP) is 1.24. The van der Waals surface area contributed by atoms with E-state index in [2.05, 4.69) is 10.4 Å². The zero-order valence-electron chi connectivity index (χ0n) is 12.2. The van der Waals surface area contributed by atoms with Crippen LogP contribution in [0.15, 0.2) is 12.4 Å². The molecule has 21 heavy (non-hydrogen) atoms. The molecule has 0 aliphatic rings. The van der Waals surface area contributed by atoms with E-state index in [1.54, 1.807) is 0 Å². The van der Waals surface area contributed by atoms with E-state index in [1.807, 2.05) is 13.8 Å². The standard InChI is InChI=1S/C12H21N5O3.ClH/c1-3-12(4-2,9-13)15-11(18)5-6-16-8-10(7-14-16)17(19)20;/h7-8H,3-6,9,13H2,1-2H3,(H,15,18);1H. The lowest BCUT2D eigenvalue weighted by atomic mass is 9.93. The Balaban J connectivity index is 0.00000400. The highest BCUT2D eigenvalue weighted by molar-refractivity contribution is 5.85. The van der Waals surface area contributed by atoms with Crippen molar-refractivity contribution in [2.45, 2.75) is 45.2 Å². The third kappa shape index (κ3) is 5.31. The van der Waals surface area contributed by atoms with Crippen molar-refractivity contribution in [2.24, 2.45) is 5.73 Å². The quantitative estimate of drug-likeness (QED) is 0.552. The number of rotatable bonds is 8. The van der Waals surface area contributed by atoms with Crippen LogP contribution in [0.25, 0.3) is 0 Å². The third-order valence-corrected chi connectivity index (χ3v) is 3.55. The Kier molecular flexibility index (Phi) is 7.90. The Morgan fingerprint density at radius 2 is 2.14 bits per heavy atom. The molecule has 0 radical (unpaired) electrons. The van der Waals surface area contributed by atoms with E-state index in [1.165, 1.54) is 17.1 Å². The second-order valence-corrected chi connectivity index (χ2v) is 4.71. The number of halogens is 1. The van der Waals surface area contributed by atoms with Gasteiger partial charge < -0.3 is 11.1 Å². The zero-order chi connectivity index (χ0) is 15.2. The molecular weight excluding hydrogens is 298 g/mol. The minimum atomic E-state index is -0.517. The molecule has 1 amide bonds. The van der Waals surface area contributed by atoms with Gasteiger partial charge in [-0.3, -0.25) is 19.6 Å². The molecule has 1 heterocycles. The number of aromatic nitrogens is 2. The molecule has 1 aromatic rings. The first-order chi connectivity index (χ1) is 9.46. The molecule has 8 nitrogen and oxygen atoms in total. The van der Waals surface area contributed by atoms with E-state index >= 15 is 0 Å². The summed E-state index contributed by atoms with van der Waals surface area (Å²) < 4.78 is 1.39. The van der Waals surface area contributed by atoms with Crippen LogP contribution in [0.4, 0.5) is 5.69 Å². The van der Waals surface area contributed by atoms with Crippen molar-refractivity contribution in [3.8, 4) is 0 Å². The lowest BCUT2D eigenvalue weighted by Crippen LogP contribution is -2.53. The summed E-state index contributed by atoms with van der Waals surface area (Å²) in [5.74, 6) is -0.127. The number of carbonyl (C=O) groups is 1. The summed E-state index contributed by atoms with van der Waals surface area (Å²) in [4.78, 5) is 21.9. The Morgan fingerprint density at radius 3 is 2.57 bits per heavy atom. The lowest BCUT2D eigenvalue weighted by Gasteiger charge is -2.31. The second-order valence-electron chi connectivity index (χ2n) is 4.71. The summed E-state index contributed by atoms with van der Waals surface area (Å²) in [6.07, 6.45) is 4.21. The average molecular weight is 320 g/mol. The number of hydrogen-bond donors (Lipinski definition) is 2. The Labute approximate surface area is 129 Å². The molecule has 1 rings (SSSR count). The maximum absolute atomic E-state index is 11.9. The number of hydrogen-bond acceptors (Lipinski definition) is 5. The molecule has 1 aromatic heterocycles. The van der Waals surface area contributed by atoms with Gasteiger partial charge in [0.15, 0.2) is 0 Å². The average Bonchev–Trinajstić information content (AvgIpc) is 2.92. The summed E-state index contributed by atoms with van der Waals surface area (Å²) >= 11 is 0. The first-order valence-electron chi connectivity index (χ1n) is 6.64. The molecule has 0 aliphatic heterocycles. The number of nitrogens with zero attached hydrogens (tertiary/aromatic N) is 3. The Morgan fingerprint density at radius 1 is 1.52 bits per heavy atom. The maximum Gasteiger partial charge on any atom is 0.306 e. The van der Waals surface area contributed by atoms with Gasteiger partial charge in [-0.1, -0.05) is 13.8 Å². The van der Waals surface area contributed by atoms with Gasteiger partial charge >= 0.3 is 5.69 Å². The van der Waals surface area contributed by atoms with Gasteiger partial charge in [0.05, 0.1) is 10.5 Å². The zero-order valence-corrected chi connectivity index (χ0v) is 13.1. The summed E-state index contributed by atoms with van der Waals surface area (Å²) in [5.41, 5.74) is 5.27. The fourth-order valence-corrected chi connectivity index (χ4v) is 1.91. The van der Waals surface area contributed by atoms with Crippen LogP contribution in [0, 0.1) is 10.1 Å². The minimum Gasteiger partial charge on any atom is -0.349 e. The van der Waals surface area contributed by atoms with Crippen molar-refractivity contribution >= 4 is 24.0 Å². The molecule has 0 fully saturated rings. The minimum absolute atomic E-state index is 0. The van der Waals surface area contributed by atoms with Gasteiger partial charge in [0.1, 0.15) is 12.4 Å². The summed E-state index contributed by atoms with van der Waals surface area (Å²) in [6, 6.07) is 0. The highest BCUT2D eigenvalue weighted by Crippen LogP contribution is 2.13. The van der Waals surface area contributed by atoms with Crippen LogP contribution in [0.3, 0.4) is 0 Å². The van der Waals surface area contributed by atoms with Crippen molar-refractivity contribution in [1.82, 2.24) is 15.1 Å². The smallest absolute Gasteiger partial charge is 0.306 e. The van der Waals surface area contributed by atoms with Gasteiger partial charge in [0.2, 0.25) is 5.91 Å². The van der Waals surface area contributed by atoms with Crippen molar-refractivity contribution < 1.29 is 9.72 Å². The molecule has 0 bridgehead atoms. The van der Waals surface area contributed by atoms with Crippen molar-refractivity contribution in [2.75, 3.05) is 6.54 Å². The first-order valence-corrected chi connectivity index (χ1v) is 6.64. The van der Waals surface area contributed by atoms with Crippen LogP contribution in [-0.2, 0) is 11.3 Å². The van der Waals surface area contributed by atoms with Crippen molar-refractivity contribution in [3.05, 3.63) is 22.5 Å². The van der Waals surface area contributed by atoms with Crippen LogP contribution >= 0.6 is 12.4 Å². The lowest BCUT2D eigenvalue weighted by molar-refractivity contribution is -0.385. The monoisotopic (exact) mass is 319 g/mol. The molecule has 0 atom stereocenters. The molecule has 0 saturated heterocycles. The van der Waals surface area contributed by atoms with E-state index in [-0.39, 0.29) is 36.0 Å². The van der Waals surface area contributed by atoms with Gasteiger partial charge in [-0.25, -0.2) is 0 Å².